The van der Waals surface area contributed by atoms with Crippen LogP contribution in [0.15, 0.2) is 55.0 Å². The molecule has 2 aromatic heterocycles. The number of hydrogen-bond donors (Lipinski definition) is 1. The largest absolute Gasteiger partial charge is 0.456 e. The first kappa shape index (κ1) is 23.3. The average Bonchev–Trinajstić information content (AvgIpc) is 2.76. The maximum absolute atomic E-state index is 12.9. The van der Waals surface area contributed by atoms with Gasteiger partial charge in [0.2, 0.25) is 0 Å². The lowest BCUT2D eigenvalue weighted by atomic mass is 9.61. The number of ether oxygens (including phenoxy) is 1. The van der Waals surface area contributed by atoms with Crippen molar-refractivity contribution in [3.8, 4) is 22.8 Å². The van der Waals surface area contributed by atoms with Crippen LogP contribution in [-0.4, -0.2) is 47.0 Å². The Kier molecular flexibility index (Phi) is 5.75. The number of aryl methyl sites for hydroxylation is 1. The number of halogens is 3. The van der Waals surface area contributed by atoms with Gasteiger partial charge in [-0.1, -0.05) is 6.07 Å². The van der Waals surface area contributed by atoms with Crippen LogP contribution in [0.4, 0.5) is 13.2 Å². The third-order valence-electron chi connectivity index (χ3n) is 6.68. The van der Waals surface area contributed by atoms with Crippen LogP contribution in [0.5, 0.6) is 11.5 Å². The summed E-state index contributed by atoms with van der Waals surface area (Å²) in [4.78, 5) is 23.1. The summed E-state index contributed by atoms with van der Waals surface area (Å²) in [6.07, 6.45) is 1.04. The minimum atomic E-state index is -4.50. The molecule has 2 aliphatic rings. The van der Waals surface area contributed by atoms with E-state index in [9.17, 15) is 18.0 Å². The van der Waals surface area contributed by atoms with Crippen molar-refractivity contribution in [2.45, 2.75) is 32.0 Å². The fourth-order valence-electron chi connectivity index (χ4n) is 5.18. The molecule has 1 amide bonds. The number of nitrogens with zero attached hydrogens (tertiary/aromatic N) is 3. The molecule has 1 N–H and O–H groups in total. The molecule has 3 heterocycles. The van der Waals surface area contributed by atoms with Crippen molar-refractivity contribution in [1.82, 2.24) is 20.2 Å². The second-order valence-electron chi connectivity index (χ2n) is 9.67. The van der Waals surface area contributed by atoms with Gasteiger partial charge in [-0.25, -0.2) is 0 Å². The van der Waals surface area contributed by atoms with Gasteiger partial charge in [-0.05, 0) is 62.1 Å². The molecule has 2 fully saturated rings. The van der Waals surface area contributed by atoms with E-state index in [1.165, 1.54) is 12.4 Å². The van der Waals surface area contributed by atoms with Crippen molar-refractivity contribution in [1.29, 1.82) is 0 Å². The van der Waals surface area contributed by atoms with Gasteiger partial charge in [0.15, 0.2) is 0 Å². The zero-order chi connectivity index (χ0) is 24.8. The van der Waals surface area contributed by atoms with Crippen molar-refractivity contribution >= 4 is 5.91 Å². The summed E-state index contributed by atoms with van der Waals surface area (Å²) in [6, 6.07) is 9.77. The molecular formula is C26H25F3N4O2. The SMILES string of the molecule is Cc1cc(-c2cc(Oc3cncc(C(F)(F)F)c3)ccn2)ccc1C(=O)NC1CC2(C1)CN(C)C2. The van der Waals surface area contributed by atoms with Crippen LogP contribution in [0.1, 0.15) is 34.3 Å². The molecule has 9 heteroatoms. The number of alkyl halides is 3. The van der Waals surface area contributed by atoms with Gasteiger partial charge in [-0.3, -0.25) is 14.8 Å². The Balaban J connectivity index is 1.26. The Morgan fingerprint density at radius 3 is 2.57 bits per heavy atom. The zero-order valence-electron chi connectivity index (χ0n) is 19.4. The third-order valence-corrected chi connectivity index (χ3v) is 6.68. The van der Waals surface area contributed by atoms with Gasteiger partial charge in [0, 0.05) is 48.7 Å². The van der Waals surface area contributed by atoms with Crippen molar-refractivity contribution in [3.05, 3.63) is 71.7 Å². The zero-order valence-corrected chi connectivity index (χ0v) is 19.4. The molecule has 1 saturated carbocycles. The predicted octanol–water partition coefficient (Wildman–Crippen LogP) is 5.09. The summed E-state index contributed by atoms with van der Waals surface area (Å²) in [6.45, 7) is 4.08. The number of benzene rings is 1. The van der Waals surface area contributed by atoms with Crippen molar-refractivity contribution < 1.29 is 22.7 Å². The molecule has 35 heavy (non-hydrogen) atoms. The lowest BCUT2D eigenvalue weighted by Gasteiger charge is -2.58. The van der Waals surface area contributed by atoms with Crippen molar-refractivity contribution in [2.75, 3.05) is 20.1 Å². The molecule has 6 nitrogen and oxygen atoms in total. The van der Waals surface area contributed by atoms with Crippen molar-refractivity contribution in [2.24, 2.45) is 5.41 Å². The number of hydrogen-bond acceptors (Lipinski definition) is 5. The second kappa shape index (κ2) is 8.64. The van der Waals surface area contributed by atoms with Gasteiger partial charge in [0.25, 0.3) is 5.91 Å². The molecule has 3 aromatic rings. The van der Waals surface area contributed by atoms with E-state index in [0.717, 1.165) is 49.3 Å². The highest BCUT2D eigenvalue weighted by molar-refractivity contribution is 5.96. The van der Waals surface area contributed by atoms with Gasteiger partial charge in [-0.15, -0.1) is 0 Å². The number of rotatable bonds is 5. The smallest absolute Gasteiger partial charge is 0.418 e. The maximum atomic E-state index is 12.9. The summed E-state index contributed by atoms with van der Waals surface area (Å²) >= 11 is 0. The fraction of sp³-hybridized carbons (Fsp3) is 0.346. The van der Waals surface area contributed by atoms with Gasteiger partial charge < -0.3 is 15.0 Å². The van der Waals surface area contributed by atoms with E-state index in [-0.39, 0.29) is 17.7 Å². The van der Waals surface area contributed by atoms with E-state index < -0.39 is 11.7 Å². The first-order chi connectivity index (χ1) is 16.6. The molecule has 0 unspecified atom stereocenters. The molecular weight excluding hydrogens is 457 g/mol. The average molecular weight is 483 g/mol. The first-order valence-electron chi connectivity index (χ1n) is 11.4. The van der Waals surface area contributed by atoms with Gasteiger partial charge >= 0.3 is 6.18 Å². The third kappa shape index (κ3) is 4.86. The number of likely N-dealkylation sites (tertiary alicyclic amines) is 1. The van der Waals surface area contributed by atoms with E-state index in [2.05, 4.69) is 27.2 Å². The monoisotopic (exact) mass is 482 g/mol. The summed E-state index contributed by atoms with van der Waals surface area (Å²) in [5.74, 6) is 0.228. The molecule has 1 saturated heterocycles. The maximum Gasteiger partial charge on any atom is 0.418 e. The standard InChI is InChI=1S/C26H25F3N4O2/c1-16-7-17(3-4-22(16)24(34)32-19-10-25(11-19)14-33(2)15-25)23-9-20(5-6-31-23)35-21-8-18(12-30-13-21)26(27,28)29/h3-9,12-13,19H,10-11,14-15H2,1-2H3,(H,32,34). The molecule has 1 aliphatic heterocycles. The summed E-state index contributed by atoms with van der Waals surface area (Å²) in [5, 5.41) is 3.14. The Morgan fingerprint density at radius 1 is 1.11 bits per heavy atom. The van der Waals surface area contributed by atoms with E-state index in [1.54, 1.807) is 18.2 Å². The second-order valence-corrected chi connectivity index (χ2v) is 9.67. The molecule has 182 valence electrons. The highest BCUT2D eigenvalue weighted by Gasteiger charge is 2.51. The van der Waals surface area contributed by atoms with Crippen LogP contribution < -0.4 is 10.1 Å². The first-order valence-corrected chi connectivity index (χ1v) is 11.4. The number of amides is 1. The number of carbonyl (C=O) groups is 1. The number of carbonyl (C=O) groups excluding carboxylic acids is 1. The minimum absolute atomic E-state index is 0.0218. The fourth-order valence-corrected chi connectivity index (χ4v) is 5.18. The lowest BCUT2D eigenvalue weighted by molar-refractivity contribution is -0.137. The van der Waals surface area contributed by atoms with Crippen LogP contribution in [-0.2, 0) is 6.18 Å². The number of pyridine rings is 2. The molecule has 0 bridgehead atoms. The summed E-state index contributed by atoms with van der Waals surface area (Å²) in [5.41, 5.74) is 2.29. The lowest BCUT2D eigenvalue weighted by Crippen LogP contribution is -2.65. The molecule has 0 atom stereocenters. The topological polar surface area (TPSA) is 67.3 Å². The van der Waals surface area contributed by atoms with Crippen LogP contribution >= 0.6 is 0 Å². The van der Waals surface area contributed by atoms with E-state index in [0.29, 0.717) is 22.4 Å². The van der Waals surface area contributed by atoms with Crippen LogP contribution in [0.3, 0.4) is 0 Å². The van der Waals surface area contributed by atoms with Gasteiger partial charge in [0.05, 0.1) is 17.5 Å². The Labute approximate surface area is 201 Å². The van der Waals surface area contributed by atoms with Crippen molar-refractivity contribution in [3.63, 3.8) is 0 Å². The Hall–Kier alpha value is -3.46. The normalized spacial score (nSPS) is 17.5. The van der Waals surface area contributed by atoms with E-state index in [1.807, 2.05) is 19.1 Å². The quantitative estimate of drug-likeness (QED) is 0.549. The van der Waals surface area contributed by atoms with E-state index >= 15 is 0 Å². The number of aromatic nitrogens is 2. The van der Waals surface area contributed by atoms with Crippen LogP contribution in [0.25, 0.3) is 11.3 Å². The highest BCUT2D eigenvalue weighted by atomic mass is 19.4. The number of nitrogens with one attached hydrogen (secondary N) is 1. The molecule has 0 radical (unpaired) electrons. The Morgan fingerprint density at radius 2 is 1.89 bits per heavy atom. The molecule has 1 aliphatic carbocycles. The summed E-state index contributed by atoms with van der Waals surface area (Å²) < 4.78 is 44.4. The minimum Gasteiger partial charge on any atom is -0.456 e. The Bertz CT molecular complexity index is 1260. The predicted molar refractivity (Wildman–Crippen MR) is 124 cm³/mol. The van der Waals surface area contributed by atoms with Gasteiger partial charge in [-0.2, -0.15) is 13.2 Å². The molecule has 1 aromatic carbocycles. The van der Waals surface area contributed by atoms with E-state index in [4.69, 9.17) is 4.74 Å². The van der Waals surface area contributed by atoms with Gasteiger partial charge in [0.1, 0.15) is 11.5 Å². The van der Waals surface area contributed by atoms with Crippen LogP contribution in [0, 0.1) is 12.3 Å². The molecule has 5 rings (SSSR count). The van der Waals surface area contributed by atoms with Crippen LogP contribution in [0.2, 0.25) is 0 Å². The molecule has 1 spiro atoms. The summed E-state index contributed by atoms with van der Waals surface area (Å²) in [7, 11) is 2.11. The highest BCUT2D eigenvalue weighted by Crippen LogP contribution is 2.47.